The van der Waals surface area contributed by atoms with Crippen LogP contribution in [0.2, 0.25) is 18.1 Å². The number of aromatic amines is 1. The SMILES string of the molecule is CC[C@H]1O[C@@H](n2cnc3c(=O)[nH]c(NC(=O)CCl)nc32)C(O[Si](C)(C)C(C)(C)C)[C@@H]1C. The lowest BCUT2D eigenvalue weighted by Gasteiger charge is -2.40. The average molecular weight is 470 g/mol. The molecule has 4 atom stereocenters. The van der Waals surface area contributed by atoms with Crippen LogP contribution in [0, 0.1) is 5.92 Å². The van der Waals surface area contributed by atoms with Crippen molar-refractivity contribution in [2.24, 2.45) is 5.92 Å². The lowest BCUT2D eigenvalue weighted by molar-refractivity contribution is -0.114. The molecule has 0 bridgehead atoms. The number of hydrogen-bond donors (Lipinski definition) is 2. The molecule has 1 unspecified atom stereocenters. The van der Waals surface area contributed by atoms with Gasteiger partial charge in [0.25, 0.3) is 5.56 Å². The molecule has 9 nitrogen and oxygen atoms in total. The summed E-state index contributed by atoms with van der Waals surface area (Å²) in [4.78, 5) is 35.4. The molecule has 0 saturated carbocycles. The third-order valence-electron chi connectivity index (χ3n) is 6.42. The fourth-order valence-corrected chi connectivity index (χ4v) is 4.99. The minimum absolute atomic E-state index is 0.00892. The first-order valence-electron chi connectivity index (χ1n) is 10.6. The Labute approximate surface area is 188 Å². The van der Waals surface area contributed by atoms with E-state index in [9.17, 15) is 9.59 Å². The highest BCUT2D eigenvalue weighted by Gasteiger charge is 2.49. The lowest BCUT2D eigenvalue weighted by Crippen LogP contribution is -2.46. The van der Waals surface area contributed by atoms with E-state index in [0.29, 0.717) is 5.65 Å². The average Bonchev–Trinajstić information content (AvgIpc) is 3.22. The summed E-state index contributed by atoms with van der Waals surface area (Å²) in [5, 5.41) is 2.52. The van der Waals surface area contributed by atoms with Crippen LogP contribution in [0.5, 0.6) is 0 Å². The van der Waals surface area contributed by atoms with Gasteiger partial charge in [0, 0.05) is 5.92 Å². The van der Waals surface area contributed by atoms with Crippen molar-refractivity contribution in [2.45, 2.75) is 77.6 Å². The molecule has 0 spiro atoms. The number of nitrogens with one attached hydrogen (secondary N) is 2. The maximum absolute atomic E-state index is 12.5. The maximum Gasteiger partial charge on any atom is 0.280 e. The van der Waals surface area contributed by atoms with Gasteiger partial charge in [-0.25, -0.2) is 4.98 Å². The van der Waals surface area contributed by atoms with Gasteiger partial charge < -0.3 is 9.16 Å². The topological polar surface area (TPSA) is 111 Å². The van der Waals surface area contributed by atoms with Crippen LogP contribution in [0.3, 0.4) is 0 Å². The van der Waals surface area contributed by atoms with E-state index in [4.69, 9.17) is 20.8 Å². The van der Waals surface area contributed by atoms with Gasteiger partial charge in [-0.1, -0.05) is 34.6 Å². The van der Waals surface area contributed by atoms with Gasteiger partial charge >= 0.3 is 0 Å². The molecule has 2 aromatic rings. The van der Waals surface area contributed by atoms with Crippen molar-refractivity contribution < 1.29 is 14.0 Å². The molecule has 2 aromatic heterocycles. The van der Waals surface area contributed by atoms with E-state index < -0.39 is 26.0 Å². The number of alkyl halides is 1. The van der Waals surface area contributed by atoms with Gasteiger partial charge in [-0.05, 0) is 24.6 Å². The number of H-pyrrole nitrogens is 1. The standard InChI is InChI=1S/C20H32ClN5O4Si/c1-8-12-11(2)15(30-31(6,7)20(3,4)5)18(29-12)26-10-22-14-16(26)24-19(25-17(14)28)23-13(27)9-21/h10-12,15,18H,8-9H2,1-7H3,(H2,23,24,25,27,28)/t11-,12-,15?,18-/m1/s1. The number of nitrogens with zero attached hydrogens (tertiary/aromatic N) is 3. The number of hydrogen-bond acceptors (Lipinski definition) is 6. The van der Waals surface area contributed by atoms with Gasteiger partial charge in [0.2, 0.25) is 11.9 Å². The number of halogens is 1. The van der Waals surface area contributed by atoms with Crippen LogP contribution >= 0.6 is 11.6 Å². The number of amides is 1. The molecule has 0 radical (unpaired) electrons. The molecule has 3 heterocycles. The largest absolute Gasteiger partial charge is 0.409 e. The molecule has 1 aliphatic heterocycles. The van der Waals surface area contributed by atoms with E-state index in [-0.39, 0.29) is 40.5 Å². The van der Waals surface area contributed by atoms with Crippen LogP contribution in [0.1, 0.15) is 47.3 Å². The molecule has 11 heteroatoms. The van der Waals surface area contributed by atoms with Crippen LogP contribution in [-0.4, -0.2) is 51.8 Å². The van der Waals surface area contributed by atoms with Crippen LogP contribution in [0.25, 0.3) is 11.2 Å². The number of aromatic nitrogens is 4. The molecular weight excluding hydrogens is 438 g/mol. The Bertz CT molecular complexity index is 1020. The van der Waals surface area contributed by atoms with Crippen LogP contribution in [-0.2, 0) is 14.0 Å². The summed E-state index contributed by atoms with van der Waals surface area (Å²) in [6.07, 6.45) is 1.70. The first-order valence-corrected chi connectivity index (χ1v) is 14.0. The summed E-state index contributed by atoms with van der Waals surface area (Å²) in [6.45, 7) is 15.2. The Kier molecular flexibility index (Phi) is 6.67. The van der Waals surface area contributed by atoms with E-state index in [1.165, 1.54) is 0 Å². The monoisotopic (exact) mass is 469 g/mol. The van der Waals surface area contributed by atoms with Crippen LogP contribution in [0.4, 0.5) is 5.95 Å². The van der Waals surface area contributed by atoms with E-state index in [1.54, 1.807) is 10.9 Å². The quantitative estimate of drug-likeness (QED) is 0.493. The number of ether oxygens (including phenoxy) is 1. The summed E-state index contributed by atoms with van der Waals surface area (Å²) in [7, 11) is -2.10. The van der Waals surface area contributed by atoms with Gasteiger partial charge in [-0.15, -0.1) is 11.6 Å². The van der Waals surface area contributed by atoms with Gasteiger partial charge in [-0.2, -0.15) is 4.98 Å². The Hall–Kier alpha value is -1.75. The smallest absolute Gasteiger partial charge is 0.280 e. The molecule has 1 amide bonds. The molecule has 2 N–H and O–H groups in total. The molecule has 31 heavy (non-hydrogen) atoms. The highest BCUT2D eigenvalue weighted by molar-refractivity contribution is 6.74. The first-order chi connectivity index (χ1) is 14.4. The molecule has 1 saturated heterocycles. The fourth-order valence-electron chi connectivity index (χ4n) is 3.56. The predicted octanol–water partition coefficient (Wildman–Crippen LogP) is 3.63. The predicted molar refractivity (Wildman–Crippen MR) is 123 cm³/mol. The first kappa shape index (κ1) is 23.9. The fraction of sp³-hybridized carbons (Fsp3) is 0.700. The normalized spacial score (nSPS) is 24.6. The van der Waals surface area contributed by atoms with Crippen molar-refractivity contribution in [3.8, 4) is 0 Å². The minimum atomic E-state index is -2.10. The van der Waals surface area contributed by atoms with E-state index in [2.05, 4.69) is 68.0 Å². The van der Waals surface area contributed by atoms with E-state index in [0.717, 1.165) is 6.42 Å². The van der Waals surface area contributed by atoms with Gasteiger partial charge in [0.05, 0.1) is 18.5 Å². The second kappa shape index (κ2) is 8.65. The summed E-state index contributed by atoms with van der Waals surface area (Å²) >= 11 is 5.56. The van der Waals surface area contributed by atoms with Crippen molar-refractivity contribution in [3.63, 3.8) is 0 Å². The molecule has 3 rings (SSSR count). The van der Waals surface area contributed by atoms with Gasteiger partial charge in [-0.3, -0.25) is 24.5 Å². The lowest BCUT2D eigenvalue weighted by atomic mass is 9.99. The molecule has 1 aliphatic rings. The maximum atomic E-state index is 12.5. The van der Waals surface area contributed by atoms with Crippen molar-refractivity contribution in [3.05, 3.63) is 16.7 Å². The zero-order chi connectivity index (χ0) is 23.1. The second-order valence-electron chi connectivity index (χ2n) is 9.60. The van der Waals surface area contributed by atoms with Crippen molar-refractivity contribution in [2.75, 3.05) is 11.2 Å². The molecule has 0 aliphatic carbocycles. The highest BCUT2D eigenvalue weighted by atomic mass is 35.5. The molecule has 0 aromatic carbocycles. The highest BCUT2D eigenvalue weighted by Crippen LogP contribution is 2.44. The third-order valence-corrected chi connectivity index (χ3v) is 11.1. The third kappa shape index (κ3) is 4.57. The van der Waals surface area contributed by atoms with E-state index in [1.807, 2.05) is 0 Å². The number of carbonyl (C=O) groups is 1. The van der Waals surface area contributed by atoms with Crippen molar-refractivity contribution in [1.29, 1.82) is 0 Å². The van der Waals surface area contributed by atoms with Crippen molar-refractivity contribution >= 4 is 42.9 Å². The molecule has 172 valence electrons. The molecule has 1 fully saturated rings. The Morgan fingerprint density at radius 2 is 2.10 bits per heavy atom. The minimum Gasteiger partial charge on any atom is -0.409 e. The van der Waals surface area contributed by atoms with Crippen LogP contribution < -0.4 is 10.9 Å². The summed E-state index contributed by atoms with van der Waals surface area (Å²) in [6, 6.07) is 0. The number of anilines is 1. The molecular formula is C20H32ClN5O4Si. The number of carbonyl (C=O) groups excluding carboxylic acids is 1. The second-order valence-corrected chi connectivity index (χ2v) is 14.6. The Morgan fingerprint density at radius 1 is 1.42 bits per heavy atom. The number of rotatable bonds is 6. The summed E-state index contributed by atoms with van der Waals surface area (Å²) in [5.41, 5.74) is 0.0473. The van der Waals surface area contributed by atoms with E-state index >= 15 is 0 Å². The zero-order valence-corrected chi connectivity index (χ0v) is 20.9. The Balaban J connectivity index is 2.06. The summed E-state index contributed by atoms with van der Waals surface area (Å²) in [5.74, 6) is -0.541. The van der Waals surface area contributed by atoms with Crippen LogP contribution in [0.15, 0.2) is 11.1 Å². The Morgan fingerprint density at radius 3 is 2.68 bits per heavy atom. The summed E-state index contributed by atoms with van der Waals surface area (Å²) < 4.78 is 14.9. The van der Waals surface area contributed by atoms with Gasteiger partial charge in [0.1, 0.15) is 5.88 Å². The number of fused-ring (bicyclic) bond motifs is 1. The van der Waals surface area contributed by atoms with Gasteiger partial charge in [0.15, 0.2) is 25.7 Å². The number of imidazole rings is 1. The zero-order valence-electron chi connectivity index (χ0n) is 19.2. The van der Waals surface area contributed by atoms with Crippen molar-refractivity contribution in [1.82, 2.24) is 19.5 Å².